The summed E-state index contributed by atoms with van der Waals surface area (Å²) in [7, 11) is 0. The van der Waals surface area contributed by atoms with Crippen molar-refractivity contribution in [2.45, 2.75) is 33.2 Å². The maximum Gasteiger partial charge on any atom is 0.127 e. The minimum Gasteiger partial charge on any atom is -0.384 e. The van der Waals surface area contributed by atoms with E-state index in [0.29, 0.717) is 18.1 Å². The van der Waals surface area contributed by atoms with E-state index in [-0.39, 0.29) is 0 Å². The zero-order valence-electron chi connectivity index (χ0n) is 12.4. The average molecular weight is 281 g/mol. The minimum absolute atomic E-state index is 0.510. The van der Waals surface area contributed by atoms with Crippen molar-refractivity contribution in [3.8, 4) is 0 Å². The maximum absolute atomic E-state index is 5.81. The number of rotatable bonds is 4. The van der Waals surface area contributed by atoms with Crippen molar-refractivity contribution in [1.82, 2.24) is 19.5 Å². The molecule has 2 N–H and O–H groups in total. The average Bonchev–Trinajstić information content (AvgIpc) is 2.76. The van der Waals surface area contributed by atoms with Crippen LogP contribution in [0.5, 0.6) is 0 Å². The van der Waals surface area contributed by atoms with E-state index >= 15 is 0 Å². The molecule has 3 aromatic rings. The number of hydrogen-bond acceptors (Lipinski definition) is 4. The Morgan fingerprint density at radius 1 is 1.14 bits per heavy atom. The van der Waals surface area contributed by atoms with Gasteiger partial charge in [0.2, 0.25) is 0 Å². The van der Waals surface area contributed by atoms with Crippen LogP contribution >= 0.6 is 0 Å². The molecule has 5 nitrogen and oxygen atoms in total. The summed E-state index contributed by atoms with van der Waals surface area (Å²) in [5, 5.41) is 0. The topological polar surface area (TPSA) is 69.6 Å². The van der Waals surface area contributed by atoms with Gasteiger partial charge in [0.15, 0.2) is 0 Å². The van der Waals surface area contributed by atoms with Crippen LogP contribution in [0.15, 0.2) is 30.3 Å². The molecule has 5 heteroatoms. The quantitative estimate of drug-likeness (QED) is 0.798. The number of imidazole rings is 1. The van der Waals surface area contributed by atoms with E-state index in [1.165, 1.54) is 5.52 Å². The number of anilines is 1. The monoisotopic (exact) mass is 281 g/mol. The second-order valence-electron chi connectivity index (χ2n) is 5.18. The Morgan fingerprint density at radius 2 is 1.95 bits per heavy atom. The fourth-order valence-electron chi connectivity index (χ4n) is 2.64. The first-order valence-corrected chi connectivity index (χ1v) is 7.21. The van der Waals surface area contributed by atoms with Crippen LogP contribution in [-0.4, -0.2) is 19.5 Å². The molecule has 0 aliphatic carbocycles. The predicted octanol–water partition coefficient (Wildman–Crippen LogP) is 2.72. The number of benzene rings is 1. The number of fused-ring (bicyclic) bond motifs is 1. The van der Waals surface area contributed by atoms with Crippen LogP contribution in [0.3, 0.4) is 0 Å². The van der Waals surface area contributed by atoms with Crippen molar-refractivity contribution in [2.24, 2.45) is 0 Å². The lowest BCUT2D eigenvalue weighted by Gasteiger charge is -2.08. The van der Waals surface area contributed by atoms with Crippen LogP contribution in [0.2, 0.25) is 0 Å². The Labute approximate surface area is 123 Å². The molecular weight excluding hydrogens is 262 g/mol. The second-order valence-corrected chi connectivity index (χ2v) is 5.18. The van der Waals surface area contributed by atoms with Gasteiger partial charge >= 0.3 is 0 Å². The molecule has 0 radical (unpaired) electrons. The van der Waals surface area contributed by atoms with Gasteiger partial charge < -0.3 is 10.3 Å². The smallest absolute Gasteiger partial charge is 0.127 e. The number of para-hydroxylation sites is 2. The predicted molar refractivity (Wildman–Crippen MR) is 84.0 cm³/mol. The summed E-state index contributed by atoms with van der Waals surface area (Å²) in [5.41, 5.74) is 8.92. The summed E-state index contributed by atoms with van der Waals surface area (Å²) in [5.74, 6) is 2.23. The van der Waals surface area contributed by atoms with Gasteiger partial charge in [0.1, 0.15) is 17.5 Å². The summed E-state index contributed by atoms with van der Waals surface area (Å²) in [6, 6.07) is 10.0. The van der Waals surface area contributed by atoms with Crippen molar-refractivity contribution < 1.29 is 0 Å². The summed E-state index contributed by atoms with van der Waals surface area (Å²) in [6.07, 6.45) is 1.74. The van der Waals surface area contributed by atoms with Gasteiger partial charge in [0, 0.05) is 19.0 Å². The van der Waals surface area contributed by atoms with Gasteiger partial charge in [-0.05, 0) is 25.5 Å². The largest absolute Gasteiger partial charge is 0.384 e. The van der Waals surface area contributed by atoms with E-state index in [4.69, 9.17) is 10.7 Å². The fourth-order valence-corrected chi connectivity index (χ4v) is 2.64. The van der Waals surface area contributed by atoms with Crippen LogP contribution in [-0.2, 0) is 13.0 Å². The number of hydrogen-bond donors (Lipinski definition) is 1. The zero-order chi connectivity index (χ0) is 14.8. The third-order valence-electron chi connectivity index (χ3n) is 3.43. The molecule has 0 amide bonds. The number of nitrogens with zero attached hydrogens (tertiary/aromatic N) is 4. The molecule has 0 aliphatic heterocycles. The standard InChI is InChI=1S/C16H19N5/c1-3-8-21-14-7-5-4-6-13(14)20-16(21)10-12-9-15(17)19-11(2)18-12/h4-7,9H,3,8,10H2,1-2H3,(H2,17,18,19). The maximum atomic E-state index is 5.81. The SMILES string of the molecule is CCCn1c(Cc2cc(N)nc(C)n2)nc2ccccc21. The van der Waals surface area contributed by atoms with Gasteiger partial charge in [-0.3, -0.25) is 0 Å². The first-order valence-electron chi connectivity index (χ1n) is 7.21. The van der Waals surface area contributed by atoms with Crippen LogP contribution < -0.4 is 5.73 Å². The van der Waals surface area contributed by atoms with Crippen LogP contribution in [0.25, 0.3) is 11.0 Å². The highest BCUT2D eigenvalue weighted by molar-refractivity contribution is 5.76. The lowest BCUT2D eigenvalue weighted by atomic mass is 10.2. The highest BCUT2D eigenvalue weighted by atomic mass is 15.1. The summed E-state index contributed by atoms with van der Waals surface area (Å²) < 4.78 is 2.27. The van der Waals surface area contributed by atoms with E-state index < -0.39 is 0 Å². The van der Waals surface area contributed by atoms with Crippen molar-refractivity contribution in [2.75, 3.05) is 5.73 Å². The first kappa shape index (κ1) is 13.5. The fraction of sp³-hybridized carbons (Fsp3) is 0.312. The van der Waals surface area contributed by atoms with Gasteiger partial charge in [-0.15, -0.1) is 0 Å². The number of nitrogens with two attached hydrogens (primary N) is 1. The molecule has 0 atom stereocenters. The summed E-state index contributed by atoms with van der Waals surface area (Å²) in [4.78, 5) is 13.3. The highest BCUT2D eigenvalue weighted by Gasteiger charge is 2.11. The molecule has 0 unspecified atom stereocenters. The lowest BCUT2D eigenvalue weighted by Crippen LogP contribution is -2.07. The molecule has 108 valence electrons. The molecule has 21 heavy (non-hydrogen) atoms. The van der Waals surface area contributed by atoms with Gasteiger partial charge in [0.25, 0.3) is 0 Å². The van der Waals surface area contributed by atoms with Crippen molar-refractivity contribution in [3.05, 3.63) is 47.7 Å². The van der Waals surface area contributed by atoms with Crippen molar-refractivity contribution in [3.63, 3.8) is 0 Å². The van der Waals surface area contributed by atoms with Crippen LogP contribution in [0, 0.1) is 6.92 Å². The first-order chi connectivity index (χ1) is 10.2. The van der Waals surface area contributed by atoms with Crippen LogP contribution in [0.4, 0.5) is 5.82 Å². The van der Waals surface area contributed by atoms with E-state index in [9.17, 15) is 0 Å². The lowest BCUT2D eigenvalue weighted by molar-refractivity contribution is 0.661. The summed E-state index contributed by atoms with van der Waals surface area (Å²) in [6.45, 7) is 4.98. The zero-order valence-corrected chi connectivity index (χ0v) is 12.4. The molecule has 0 saturated carbocycles. The molecule has 3 rings (SSSR count). The van der Waals surface area contributed by atoms with E-state index in [0.717, 1.165) is 30.0 Å². The molecule has 0 spiro atoms. The minimum atomic E-state index is 0.510. The molecule has 1 aromatic carbocycles. The summed E-state index contributed by atoms with van der Waals surface area (Å²) >= 11 is 0. The Balaban J connectivity index is 2.04. The molecule has 0 saturated heterocycles. The second kappa shape index (κ2) is 5.52. The third kappa shape index (κ3) is 2.72. The van der Waals surface area contributed by atoms with Crippen molar-refractivity contribution in [1.29, 1.82) is 0 Å². The molecule has 0 bridgehead atoms. The third-order valence-corrected chi connectivity index (χ3v) is 3.43. The van der Waals surface area contributed by atoms with Gasteiger partial charge in [0.05, 0.1) is 16.7 Å². The Morgan fingerprint density at radius 3 is 2.71 bits per heavy atom. The van der Waals surface area contributed by atoms with Crippen molar-refractivity contribution >= 4 is 16.9 Å². The van der Waals surface area contributed by atoms with E-state index in [2.05, 4.69) is 27.5 Å². The Bertz CT molecular complexity index is 755. The van der Waals surface area contributed by atoms with Gasteiger partial charge in [-0.25, -0.2) is 15.0 Å². The van der Waals surface area contributed by atoms with Gasteiger partial charge in [-0.1, -0.05) is 19.1 Å². The van der Waals surface area contributed by atoms with E-state index in [1.807, 2.05) is 31.2 Å². The molecule has 0 aliphatic rings. The number of nitrogen functional groups attached to an aromatic ring is 1. The van der Waals surface area contributed by atoms with E-state index in [1.54, 1.807) is 0 Å². The molecule has 0 fully saturated rings. The Hall–Kier alpha value is -2.43. The molecule has 2 heterocycles. The molecule has 2 aromatic heterocycles. The normalized spacial score (nSPS) is 11.1. The Kier molecular flexibility index (Phi) is 3.56. The highest BCUT2D eigenvalue weighted by Crippen LogP contribution is 2.19. The van der Waals surface area contributed by atoms with Crippen LogP contribution in [0.1, 0.15) is 30.7 Å². The molecular formula is C16H19N5. The van der Waals surface area contributed by atoms with Gasteiger partial charge in [-0.2, -0.15) is 0 Å². The number of aryl methyl sites for hydroxylation is 2. The number of aromatic nitrogens is 4.